The first-order valence-electron chi connectivity index (χ1n) is 6.86. The summed E-state index contributed by atoms with van der Waals surface area (Å²) < 4.78 is 0. The molecule has 96 valence electrons. The van der Waals surface area contributed by atoms with Crippen LogP contribution >= 0.6 is 0 Å². The van der Waals surface area contributed by atoms with Gasteiger partial charge in [-0.05, 0) is 41.9 Å². The second kappa shape index (κ2) is 4.42. The number of fused-ring (bicyclic) bond motifs is 1. The topological polar surface area (TPSA) is 0 Å². The molecule has 0 nitrogen and oxygen atoms in total. The van der Waals surface area contributed by atoms with Gasteiger partial charge >= 0.3 is 0 Å². The van der Waals surface area contributed by atoms with Crippen LogP contribution in [0.1, 0.15) is 40.5 Å². The molecule has 0 saturated carbocycles. The van der Waals surface area contributed by atoms with Gasteiger partial charge in [-0.1, -0.05) is 63.8 Å². The van der Waals surface area contributed by atoms with E-state index in [9.17, 15) is 0 Å². The molecule has 0 aromatic rings. The highest BCUT2D eigenvalue weighted by molar-refractivity contribution is 5.60. The molecule has 18 heavy (non-hydrogen) atoms. The first kappa shape index (κ1) is 13.1. The quantitative estimate of drug-likeness (QED) is 0.609. The van der Waals surface area contributed by atoms with E-state index in [4.69, 9.17) is 0 Å². The van der Waals surface area contributed by atoms with E-state index in [1.165, 1.54) is 23.1 Å². The molecule has 0 N–H and O–H groups in total. The van der Waals surface area contributed by atoms with Gasteiger partial charge in [-0.3, -0.25) is 0 Å². The van der Waals surface area contributed by atoms with Crippen LogP contribution < -0.4 is 0 Å². The molecule has 0 heterocycles. The Balaban J connectivity index is 2.70. The molecule has 2 aliphatic rings. The number of hydrogen-bond donors (Lipinski definition) is 0. The zero-order valence-corrected chi connectivity index (χ0v) is 12.1. The highest BCUT2D eigenvalue weighted by Gasteiger charge is 2.51. The van der Waals surface area contributed by atoms with Crippen molar-refractivity contribution < 1.29 is 0 Å². The van der Waals surface area contributed by atoms with Crippen LogP contribution in [0.2, 0.25) is 0 Å². The number of allylic oxidation sites excluding steroid dienone is 9. The van der Waals surface area contributed by atoms with Gasteiger partial charge in [0.2, 0.25) is 0 Å². The fraction of sp³-hybridized carbons (Fsp3) is 0.444. The Morgan fingerprint density at radius 1 is 1.28 bits per heavy atom. The van der Waals surface area contributed by atoms with Crippen LogP contribution in [0.4, 0.5) is 0 Å². The number of rotatable bonds is 2. The molecule has 1 atom stereocenters. The van der Waals surface area contributed by atoms with Crippen molar-refractivity contribution in [2.45, 2.75) is 40.5 Å². The molecule has 0 amide bonds. The zero-order chi connectivity index (χ0) is 13.4. The molecule has 0 saturated heterocycles. The maximum absolute atomic E-state index is 4.05. The molecule has 0 aliphatic heterocycles. The maximum Gasteiger partial charge on any atom is 0.00254 e. The standard InChI is InChI=1S/C18H24/c1-6-11-14-15(7-2)17(3,4)18(5)13-10-8-9-12-16(14)18/h6-9,11-12H,2,10,13H2,1,3-5H3/b11-6-. The van der Waals surface area contributed by atoms with Crippen molar-refractivity contribution in [3.63, 3.8) is 0 Å². The predicted octanol–water partition coefficient (Wildman–Crippen LogP) is 5.37. The van der Waals surface area contributed by atoms with E-state index < -0.39 is 0 Å². The van der Waals surface area contributed by atoms with Crippen molar-refractivity contribution in [2.24, 2.45) is 10.8 Å². The van der Waals surface area contributed by atoms with Gasteiger partial charge < -0.3 is 0 Å². The fourth-order valence-corrected chi connectivity index (χ4v) is 3.48. The fourth-order valence-electron chi connectivity index (χ4n) is 3.48. The molecule has 0 aromatic heterocycles. The van der Waals surface area contributed by atoms with Crippen LogP contribution in [0.25, 0.3) is 0 Å². The lowest BCUT2D eigenvalue weighted by atomic mass is 9.62. The summed E-state index contributed by atoms with van der Waals surface area (Å²) in [6.45, 7) is 13.3. The van der Waals surface area contributed by atoms with Gasteiger partial charge in [0.1, 0.15) is 0 Å². The lowest BCUT2D eigenvalue weighted by Gasteiger charge is -2.41. The normalized spacial score (nSPS) is 30.3. The highest BCUT2D eigenvalue weighted by Crippen LogP contribution is 2.61. The number of hydrogen-bond acceptors (Lipinski definition) is 0. The summed E-state index contributed by atoms with van der Waals surface area (Å²) >= 11 is 0. The van der Waals surface area contributed by atoms with E-state index in [-0.39, 0.29) is 10.8 Å². The lowest BCUT2D eigenvalue weighted by Crippen LogP contribution is -2.33. The van der Waals surface area contributed by atoms with Crippen molar-refractivity contribution in [1.29, 1.82) is 0 Å². The van der Waals surface area contributed by atoms with Crippen LogP contribution in [0.15, 0.2) is 59.8 Å². The van der Waals surface area contributed by atoms with E-state index in [2.05, 4.69) is 70.7 Å². The summed E-state index contributed by atoms with van der Waals surface area (Å²) in [4.78, 5) is 0. The molecule has 0 radical (unpaired) electrons. The van der Waals surface area contributed by atoms with Crippen molar-refractivity contribution in [1.82, 2.24) is 0 Å². The molecule has 0 spiro atoms. The van der Waals surface area contributed by atoms with E-state index in [1.807, 2.05) is 0 Å². The Morgan fingerprint density at radius 2 is 2.00 bits per heavy atom. The maximum atomic E-state index is 4.05. The van der Waals surface area contributed by atoms with Crippen LogP contribution in [0, 0.1) is 10.8 Å². The van der Waals surface area contributed by atoms with Crippen molar-refractivity contribution >= 4 is 0 Å². The predicted molar refractivity (Wildman–Crippen MR) is 80.4 cm³/mol. The summed E-state index contributed by atoms with van der Waals surface area (Å²) in [5, 5.41) is 0. The van der Waals surface area contributed by atoms with Gasteiger partial charge in [0.15, 0.2) is 0 Å². The lowest BCUT2D eigenvalue weighted by molar-refractivity contribution is 0.186. The van der Waals surface area contributed by atoms with E-state index in [1.54, 1.807) is 0 Å². The molecule has 0 heteroatoms. The minimum atomic E-state index is 0.154. The third-order valence-corrected chi connectivity index (χ3v) is 4.98. The van der Waals surface area contributed by atoms with E-state index in [0.717, 1.165) is 6.42 Å². The first-order valence-corrected chi connectivity index (χ1v) is 6.86. The third-order valence-electron chi connectivity index (χ3n) is 4.98. The average molecular weight is 240 g/mol. The average Bonchev–Trinajstić information content (AvgIpc) is 2.48. The molecule has 0 aromatic carbocycles. The monoisotopic (exact) mass is 240 g/mol. The van der Waals surface area contributed by atoms with Gasteiger partial charge in [-0.2, -0.15) is 0 Å². The SMILES string of the molecule is C=CC1=C(/C=C\C)C2=CC=CCCC2(C)C1(C)C. The largest absolute Gasteiger partial charge is 0.0987 e. The molecular weight excluding hydrogens is 216 g/mol. The van der Waals surface area contributed by atoms with Gasteiger partial charge in [0, 0.05) is 5.41 Å². The van der Waals surface area contributed by atoms with Crippen molar-refractivity contribution in [3.8, 4) is 0 Å². The Hall–Kier alpha value is -1.30. The highest BCUT2D eigenvalue weighted by atomic mass is 14.5. The smallest absolute Gasteiger partial charge is 0.00254 e. The van der Waals surface area contributed by atoms with Gasteiger partial charge in [-0.15, -0.1) is 0 Å². The summed E-state index contributed by atoms with van der Waals surface area (Å²) in [5.74, 6) is 0. The van der Waals surface area contributed by atoms with E-state index in [0.29, 0.717) is 0 Å². The molecular formula is C18H24. The summed E-state index contributed by atoms with van der Waals surface area (Å²) in [6.07, 6.45) is 15.6. The minimum absolute atomic E-state index is 0.154. The van der Waals surface area contributed by atoms with Crippen LogP contribution in [0.3, 0.4) is 0 Å². The van der Waals surface area contributed by atoms with Crippen molar-refractivity contribution in [2.75, 3.05) is 0 Å². The Labute approximate surface area is 111 Å². The Kier molecular flexibility index (Phi) is 3.23. The summed E-state index contributed by atoms with van der Waals surface area (Å²) in [5.41, 5.74) is 4.63. The minimum Gasteiger partial charge on any atom is -0.0987 e. The molecule has 2 aliphatic carbocycles. The Bertz CT molecular complexity index is 480. The molecule has 0 fully saturated rings. The van der Waals surface area contributed by atoms with Gasteiger partial charge in [0.05, 0.1) is 0 Å². The summed E-state index contributed by atoms with van der Waals surface area (Å²) in [6, 6.07) is 0. The first-order chi connectivity index (χ1) is 8.49. The van der Waals surface area contributed by atoms with Gasteiger partial charge in [0.25, 0.3) is 0 Å². The second-order valence-electron chi connectivity index (χ2n) is 6.04. The second-order valence-corrected chi connectivity index (χ2v) is 6.04. The van der Waals surface area contributed by atoms with E-state index >= 15 is 0 Å². The molecule has 0 bridgehead atoms. The van der Waals surface area contributed by atoms with Crippen LogP contribution in [0.5, 0.6) is 0 Å². The Morgan fingerprint density at radius 3 is 2.61 bits per heavy atom. The summed E-state index contributed by atoms with van der Waals surface area (Å²) in [7, 11) is 0. The molecule has 1 unspecified atom stereocenters. The van der Waals surface area contributed by atoms with Crippen LogP contribution in [-0.2, 0) is 0 Å². The molecule has 2 rings (SSSR count). The van der Waals surface area contributed by atoms with Crippen LogP contribution in [-0.4, -0.2) is 0 Å². The van der Waals surface area contributed by atoms with Crippen molar-refractivity contribution in [3.05, 3.63) is 59.8 Å². The van der Waals surface area contributed by atoms with Gasteiger partial charge in [-0.25, -0.2) is 0 Å². The third kappa shape index (κ3) is 1.59. The zero-order valence-electron chi connectivity index (χ0n) is 12.1.